The largest absolute Gasteiger partial charge is 0.460 e. The molecule has 0 saturated heterocycles. The molecule has 0 atom stereocenters. The van der Waals surface area contributed by atoms with Crippen molar-refractivity contribution in [2.45, 2.75) is 26.5 Å². The van der Waals surface area contributed by atoms with Crippen LogP contribution in [-0.2, 0) is 16.1 Å². The summed E-state index contributed by atoms with van der Waals surface area (Å²) in [5, 5.41) is 4.96. The van der Waals surface area contributed by atoms with Crippen LogP contribution >= 0.6 is 11.6 Å². The lowest BCUT2D eigenvalue weighted by Crippen LogP contribution is -2.08. The Kier molecular flexibility index (Phi) is 5.11. The molecule has 0 spiro atoms. The SMILES string of the molecule is CC(C)OC(=O)/C=C\Cn1cnc(-c2cccc(Cl)c2)n1. The summed E-state index contributed by atoms with van der Waals surface area (Å²) in [6, 6.07) is 7.34. The zero-order valence-corrected chi connectivity index (χ0v) is 12.6. The molecule has 1 aromatic heterocycles. The van der Waals surface area contributed by atoms with Crippen LogP contribution < -0.4 is 0 Å². The van der Waals surface area contributed by atoms with Crippen molar-refractivity contribution in [1.29, 1.82) is 0 Å². The minimum atomic E-state index is -0.361. The van der Waals surface area contributed by atoms with Crippen molar-refractivity contribution in [2.24, 2.45) is 0 Å². The van der Waals surface area contributed by atoms with Crippen molar-refractivity contribution in [2.75, 3.05) is 0 Å². The van der Waals surface area contributed by atoms with Gasteiger partial charge in [0.2, 0.25) is 0 Å². The second-order valence-corrected chi connectivity index (χ2v) is 5.13. The van der Waals surface area contributed by atoms with Crippen molar-refractivity contribution < 1.29 is 9.53 Å². The molecule has 0 N–H and O–H groups in total. The Bertz CT molecular complexity index is 650. The van der Waals surface area contributed by atoms with Gasteiger partial charge in [-0.05, 0) is 26.0 Å². The second kappa shape index (κ2) is 7.04. The van der Waals surface area contributed by atoms with Gasteiger partial charge in [-0.15, -0.1) is 0 Å². The van der Waals surface area contributed by atoms with Gasteiger partial charge >= 0.3 is 5.97 Å². The smallest absolute Gasteiger partial charge is 0.330 e. The number of benzene rings is 1. The topological polar surface area (TPSA) is 57.0 Å². The maximum atomic E-state index is 11.3. The molecule has 0 radical (unpaired) electrons. The van der Waals surface area contributed by atoms with E-state index in [-0.39, 0.29) is 12.1 Å². The van der Waals surface area contributed by atoms with Crippen LogP contribution in [0.2, 0.25) is 5.02 Å². The van der Waals surface area contributed by atoms with Crippen molar-refractivity contribution >= 4 is 17.6 Å². The number of ether oxygens (including phenoxy) is 1. The summed E-state index contributed by atoms with van der Waals surface area (Å²) >= 11 is 5.94. The number of aromatic nitrogens is 3. The molecule has 21 heavy (non-hydrogen) atoms. The molecule has 0 aliphatic heterocycles. The quantitative estimate of drug-likeness (QED) is 0.629. The fraction of sp³-hybridized carbons (Fsp3) is 0.267. The fourth-order valence-electron chi connectivity index (χ4n) is 1.67. The first-order valence-corrected chi connectivity index (χ1v) is 6.95. The molecule has 0 bridgehead atoms. The van der Waals surface area contributed by atoms with E-state index in [1.807, 2.05) is 12.1 Å². The Labute approximate surface area is 128 Å². The predicted octanol–water partition coefficient (Wildman–Crippen LogP) is 3.11. The molecule has 0 fully saturated rings. The van der Waals surface area contributed by atoms with E-state index in [2.05, 4.69) is 10.1 Å². The molecule has 110 valence electrons. The van der Waals surface area contributed by atoms with Gasteiger partial charge in [-0.1, -0.05) is 29.8 Å². The minimum absolute atomic E-state index is 0.122. The number of rotatable bonds is 5. The van der Waals surface area contributed by atoms with Crippen LogP contribution in [0.4, 0.5) is 0 Å². The normalized spacial score (nSPS) is 11.2. The summed E-state index contributed by atoms with van der Waals surface area (Å²) in [6.45, 7) is 4.06. The molecule has 1 heterocycles. The van der Waals surface area contributed by atoms with Crippen LogP contribution in [0, 0.1) is 0 Å². The van der Waals surface area contributed by atoms with E-state index in [1.54, 1.807) is 43.1 Å². The maximum absolute atomic E-state index is 11.3. The van der Waals surface area contributed by atoms with Gasteiger partial charge in [0, 0.05) is 16.7 Å². The number of allylic oxidation sites excluding steroid dienone is 1. The summed E-state index contributed by atoms with van der Waals surface area (Å²) in [5.74, 6) is 0.232. The van der Waals surface area contributed by atoms with Crippen LogP contribution in [0.5, 0.6) is 0 Å². The van der Waals surface area contributed by atoms with Gasteiger partial charge in [-0.2, -0.15) is 5.10 Å². The highest BCUT2D eigenvalue weighted by molar-refractivity contribution is 6.30. The lowest BCUT2D eigenvalue weighted by Gasteiger charge is -2.03. The van der Waals surface area contributed by atoms with Gasteiger partial charge < -0.3 is 4.74 Å². The lowest BCUT2D eigenvalue weighted by atomic mass is 10.2. The molecular formula is C15H16ClN3O2. The summed E-state index contributed by atoms with van der Waals surface area (Å²) in [6.07, 6.45) is 4.55. The molecule has 5 nitrogen and oxygen atoms in total. The molecule has 0 aliphatic rings. The zero-order valence-electron chi connectivity index (χ0n) is 11.9. The van der Waals surface area contributed by atoms with Crippen LogP contribution in [0.25, 0.3) is 11.4 Å². The highest BCUT2D eigenvalue weighted by Gasteiger charge is 2.04. The molecule has 0 unspecified atom stereocenters. The molecule has 0 saturated carbocycles. The number of carbonyl (C=O) groups is 1. The lowest BCUT2D eigenvalue weighted by molar-refractivity contribution is -0.141. The first kappa shape index (κ1) is 15.3. The van der Waals surface area contributed by atoms with Crippen LogP contribution in [0.15, 0.2) is 42.7 Å². The number of hydrogen-bond acceptors (Lipinski definition) is 4. The predicted molar refractivity (Wildman–Crippen MR) is 80.8 cm³/mol. The van der Waals surface area contributed by atoms with Crippen LogP contribution in [0.1, 0.15) is 13.8 Å². The highest BCUT2D eigenvalue weighted by Crippen LogP contribution is 2.18. The van der Waals surface area contributed by atoms with E-state index in [1.165, 1.54) is 6.08 Å². The minimum Gasteiger partial charge on any atom is -0.460 e. The van der Waals surface area contributed by atoms with Crippen molar-refractivity contribution in [3.63, 3.8) is 0 Å². The van der Waals surface area contributed by atoms with Gasteiger partial charge in [-0.25, -0.2) is 14.5 Å². The third kappa shape index (κ3) is 4.72. The summed E-state index contributed by atoms with van der Waals surface area (Å²) < 4.78 is 6.62. The average Bonchev–Trinajstić information content (AvgIpc) is 2.86. The number of halogens is 1. The average molecular weight is 306 g/mol. The number of nitrogens with zero attached hydrogens (tertiary/aromatic N) is 3. The van der Waals surface area contributed by atoms with E-state index < -0.39 is 0 Å². The molecule has 2 aromatic rings. The van der Waals surface area contributed by atoms with Crippen molar-refractivity contribution in [3.05, 3.63) is 47.8 Å². The van der Waals surface area contributed by atoms with Gasteiger partial charge in [0.25, 0.3) is 0 Å². The number of carbonyl (C=O) groups excluding carboxylic acids is 1. The maximum Gasteiger partial charge on any atom is 0.330 e. The van der Waals surface area contributed by atoms with E-state index >= 15 is 0 Å². The Morgan fingerprint density at radius 3 is 3.00 bits per heavy atom. The van der Waals surface area contributed by atoms with Gasteiger partial charge in [0.15, 0.2) is 5.82 Å². The second-order valence-electron chi connectivity index (χ2n) is 4.69. The van der Waals surface area contributed by atoms with E-state index in [0.717, 1.165) is 5.56 Å². The molecule has 0 amide bonds. The molecule has 6 heteroatoms. The van der Waals surface area contributed by atoms with E-state index in [9.17, 15) is 4.79 Å². The summed E-state index contributed by atoms with van der Waals surface area (Å²) in [5.41, 5.74) is 0.851. The van der Waals surface area contributed by atoms with Crippen molar-refractivity contribution in [3.8, 4) is 11.4 Å². The monoisotopic (exact) mass is 305 g/mol. The van der Waals surface area contributed by atoms with Crippen LogP contribution in [-0.4, -0.2) is 26.8 Å². The summed E-state index contributed by atoms with van der Waals surface area (Å²) in [7, 11) is 0. The van der Waals surface area contributed by atoms with E-state index in [4.69, 9.17) is 16.3 Å². The highest BCUT2D eigenvalue weighted by atomic mass is 35.5. The fourth-order valence-corrected chi connectivity index (χ4v) is 1.86. The van der Waals surface area contributed by atoms with Crippen LogP contribution in [0.3, 0.4) is 0 Å². The molecule has 1 aromatic carbocycles. The first-order chi connectivity index (χ1) is 10.0. The Morgan fingerprint density at radius 2 is 2.29 bits per heavy atom. The first-order valence-electron chi connectivity index (χ1n) is 6.57. The van der Waals surface area contributed by atoms with E-state index in [0.29, 0.717) is 17.4 Å². The zero-order chi connectivity index (χ0) is 15.2. The summed E-state index contributed by atoms with van der Waals surface area (Å²) in [4.78, 5) is 15.6. The number of hydrogen-bond donors (Lipinski definition) is 0. The standard InChI is InChI=1S/C15H16ClN3O2/c1-11(2)21-14(20)7-4-8-19-10-17-15(18-19)12-5-3-6-13(16)9-12/h3-7,9-11H,8H2,1-2H3/b7-4-. The third-order valence-electron chi connectivity index (χ3n) is 2.52. The molecular weight excluding hydrogens is 290 g/mol. The number of esters is 1. The third-order valence-corrected chi connectivity index (χ3v) is 2.75. The molecule has 2 rings (SSSR count). The molecule has 0 aliphatic carbocycles. The Morgan fingerprint density at radius 1 is 1.48 bits per heavy atom. The Balaban J connectivity index is 1.98. The van der Waals surface area contributed by atoms with Gasteiger partial charge in [0.1, 0.15) is 6.33 Å². The van der Waals surface area contributed by atoms with Gasteiger partial charge in [-0.3, -0.25) is 0 Å². The van der Waals surface area contributed by atoms with Gasteiger partial charge in [0.05, 0.1) is 12.6 Å². The van der Waals surface area contributed by atoms with Crippen molar-refractivity contribution in [1.82, 2.24) is 14.8 Å². The Hall–Kier alpha value is -2.14.